The molecule has 15 nitrogen and oxygen atoms in total. The van der Waals surface area contributed by atoms with Gasteiger partial charge in [-0.25, -0.2) is 9.59 Å². The van der Waals surface area contributed by atoms with Crippen LogP contribution in [0, 0.1) is 20.2 Å². The van der Waals surface area contributed by atoms with Gasteiger partial charge in [0, 0.05) is 41.8 Å². The predicted octanol–water partition coefficient (Wildman–Crippen LogP) is 2.34. The average Bonchev–Trinajstić information content (AvgIpc) is 2.94. The Morgan fingerprint density at radius 2 is 1.61 bits per heavy atom. The quantitative estimate of drug-likeness (QED) is 0.154. The zero-order chi connectivity index (χ0) is 29.9. The molecule has 1 aromatic heterocycles. The summed E-state index contributed by atoms with van der Waals surface area (Å²) in [5.41, 5.74) is 0.489. The standard InChI is InChI=1S/C26H27N5O10/c1-16-21(25(33)39-12-6-13-41-31(37)38)23(19-8-3-4-9-20(19)30(35)36)22(17(2)29-16)26(34)40-14-11-28-24(32)18-7-5-10-27-15-18/h3-5,7-10,15,23,29H,6,11-14H2,1-2H3,(H,28,32). The highest BCUT2D eigenvalue weighted by atomic mass is 16.9. The minimum Gasteiger partial charge on any atom is -0.462 e. The summed E-state index contributed by atoms with van der Waals surface area (Å²) in [6.45, 7) is 2.29. The van der Waals surface area contributed by atoms with Crippen molar-refractivity contribution in [2.45, 2.75) is 26.2 Å². The fourth-order valence-electron chi connectivity index (χ4n) is 4.17. The minimum absolute atomic E-state index is 0.0111. The number of carbonyl (C=O) groups excluding carboxylic acids is 3. The third-order valence-electron chi connectivity index (χ3n) is 5.91. The van der Waals surface area contributed by atoms with Crippen LogP contribution in [0.4, 0.5) is 5.69 Å². The first-order chi connectivity index (χ1) is 19.6. The second-order valence-corrected chi connectivity index (χ2v) is 8.63. The van der Waals surface area contributed by atoms with Crippen LogP contribution in [0.15, 0.2) is 71.3 Å². The van der Waals surface area contributed by atoms with Crippen LogP contribution in [0.25, 0.3) is 0 Å². The number of amides is 1. The Morgan fingerprint density at radius 1 is 0.951 bits per heavy atom. The van der Waals surface area contributed by atoms with Crippen LogP contribution >= 0.6 is 0 Å². The maximum Gasteiger partial charge on any atom is 0.336 e. The zero-order valence-electron chi connectivity index (χ0n) is 22.2. The number of dihydropyridines is 1. The number of para-hydroxylation sites is 1. The van der Waals surface area contributed by atoms with Gasteiger partial charge in [-0.05, 0) is 26.0 Å². The number of nitrogens with one attached hydrogen (secondary N) is 2. The number of hydrogen-bond acceptors (Lipinski definition) is 12. The summed E-state index contributed by atoms with van der Waals surface area (Å²) in [4.78, 5) is 68.5. The SMILES string of the molecule is CC1=C(C(=O)OCCCO[N+](=O)[O-])C(c2ccccc2[N+](=O)[O-])C(C(=O)OCCNC(=O)c2cccnc2)=C(C)N1. The summed E-state index contributed by atoms with van der Waals surface area (Å²) < 4.78 is 10.7. The third kappa shape index (κ3) is 7.84. The molecule has 15 heteroatoms. The van der Waals surface area contributed by atoms with Crippen molar-refractivity contribution in [3.8, 4) is 0 Å². The third-order valence-corrected chi connectivity index (χ3v) is 5.91. The Hall–Kier alpha value is -5.34. The number of nitro benzene ring substituents is 1. The minimum atomic E-state index is -1.24. The predicted molar refractivity (Wildman–Crippen MR) is 140 cm³/mol. The van der Waals surface area contributed by atoms with Gasteiger partial charge >= 0.3 is 11.9 Å². The number of esters is 2. The summed E-state index contributed by atoms with van der Waals surface area (Å²) in [6, 6.07) is 8.82. The Balaban J connectivity index is 1.83. The van der Waals surface area contributed by atoms with Gasteiger partial charge in [-0.2, -0.15) is 0 Å². The number of hydrogen-bond donors (Lipinski definition) is 2. The van der Waals surface area contributed by atoms with Crippen molar-refractivity contribution in [3.63, 3.8) is 0 Å². The first-order valence-corrected chi connectivity index (χ1v) is 12.3. The van der Waals surface area contributed by atoms with Crippen molar-refractivity contribution in [2.75, 3.05) is 26.4 Å². The van der Waals surface area contributed by atoms with Crippen LogP contribution in [0.3, 0.4) is 0 Å². The van der Waals surface area contributed by atoms with Crippen molar-refractivity contribution < 1.29 is 38.7 Å². The van der Waals surface area contributed by atoms with Gasteiger partial charge in [0.25, 0.3) is 16.7 Å². The van der Waals surface area contributed by atoms with Crippen molar-refractivity contribution in [3.05, 3.63) is 103 Å². The van der Waals surface area contributed by atoms with Gasteiger partial charge in [0.1, 0.15) is 6.61 Å². The van der Waals surface area contributed by atoms with E-state index in [4.69, 9.17) is 9.47 Å². The second kappa shape index (κ2) is 14.2. The van der Waals surface area contributed by atoms with Gasteiger partial charge in [0.15, 0.2) is 0 Å². The number of carbonyl (C=O) groups is 3. The van der Waals surface area contributed by atoms with Crippen LogP contribution in [0.5, 0.6) is 0 Å². The van der Waals surface area contributed by atoms with E-state index < -0.39 is 33.8 Å². The zero-order valence-corrected chi connectivity index (χ0v) is 22.2. The van der Waals surface area contributed by atoms with Crippen LogP contribution in [0.1, 0.15) is 42.1 Å². The highest BCUT2D eigenvalue weighted by Crippen LogP contribution is 2.42. The number of benzene rings is 1. The molecule has 0 aliphatic carbocycles. The van der Waals surface area contributed by atoms with Gasteiger partial charge in [-0.1, -0.05) is 18.2 Å². The van der Waals surface area contributed by atoms with Gasteiger partial charge in [-0.3, -0.25) is 19.9 Å². The van der Waals surface area contributed by atoms with Crippen molar-refractivity contribution in [1.82, 2.24) is 15.6 Å². The molecule has 3 rings (SSSR count). The number of nitrogens with zero attached hydrogens (tertiary/aromatic N) is 3. The van der Waals surface area contributed by atoms with E-state index in [-0.39, 0.29) is 60.9 Å². The maximum atomic E-state index is 13.4. The topological polar surface area (TPSA) is 202 Å². The Morgan fingerprint density at radius 3 is 2.22 bits per heavy atom. The van der Waals surface area contributed by atoms with Crippen LogP contribution in [0.2, 0.25) is 0 Å². The number of nitro groups is 1. The number of ether oxygens (including phenoxy) is 2. The summed E-state index contributed by atoms with van der Waals surface area (Å²) in [5.74, 6) is -3.42. The Bertz CT molecular complexity index is 1390. The number of allylic oxidation sites excluding steroid dienone is 2. The normalized spacial score (nSPS) is 14.5. The second-order valence-electron chi connectivity index (χ2n) is 8.63. The maximum absolute atomic E-state index is 13.4. The van der Waals surface area contributed by atoms with E-state index in [2.05, 4.69) is 20.5 Å². The molecule has 2 heterocycles. The lowest BCUT2D eigenvalue weighted by Crippen LogP contribution is -2.34. The van der Waals surface area contributed by atoms with E-state index in [9.17, 15) is 34.6 Å². The van der Waals surface area contributed by atoms with Crippen molar-refractivity contribution in [2.24, 2.45) is 0 Å². The van der Waals surface area contributed by atoms with E-state index in [0.717, 1.165) is 0 Å². The van der Waals surface area contributed by atoms with E-state index >= 15 is 0 Å². The molecule has 0 saturated carbocycles. The fraction of sp³-hybridized carbons (Fsp3) is 0.308. The monoisotopic (exact) mass is 569 g/mol. The van der Waals surface area contributed by atoms with Crippen molar-refractivity contribution in [1.29, 1.82) is 0 Å². The Kier molecular flexibility index (Phi) is 10.4. The van der Waals surface area contributed by atoms with Crippen LogP contribution < -0.4 is 10.6 Å². The molecule has 1 atom stereocenters. The molecule has 2 aromatic rings. The number of rotatable bonds is 13. The highest BCUT2D eigenvalue weighted by Gasteiger charge is 2.40. The summed E-state index contributed by atoms with van der Waals surface area (Å²) in [6.07, 6.45) is 2.91. The van der Waals surface area contributed by atoms with E-state index in [1.807, 2.05) is 0 Å². The molecule has 1 unspecified atom stereocenters. The molecular formula is C26H27N5O10. The molecule has 0 fully saturated rings. The number of aromatic nitrogens is 1. The molecule has 1 aromatic carbocycles. The molecule has 0 saturated heterocycles. The van der Waals surface area contributed by atoms with E-state index in [1.54, 1.807) is 26.0 Å². The van der Waals surface area contributed by atoms with Crippen LogP contribution in [-0.2, 0) is 23.9 Å². The lowest BCUT2D eigenvalue weighted by molar-refractivity contribution is -0.757. The van der Waals surface area contributed by atoms with Gasteiger partial charge < -0.3 is 24.9 Å². The van der Waals surface area contributed by atoms with Gasteiger partial charge in [0.2, 0.25) is 0 Å². The first kappa shape index (κ1) is 30.2. The molecule has 41 heavy (non-hydrogen) atoms. The largest absolute Gasteiger partial charge is 0.462 e. The van der Waals surface area contributed by atoms with Gasteiger partial charge in [-0.15, -0.1) is 10.1 Å². The van der Waals surface area contributed by atoms with E-state index in [1.165, 1.54) is 36.7 Å². The lowest BCUT2D eigenvalue weighted by atomic mass is 9.79. The fourth-order valence-corrected chi connectivity index (χ4v) is 4.17. The average molecular weight is 570 g/mol. The molecule has 1 amide bonds. The lowest BCUT2D eigenvalue weighted by Gasteiger charge is -2.30. The van der Waals surface area contributed by atoms with Crippen LogP contribution in [-0.4, -0.2) is 59.2 Å². The molecule has 0 bridgehead atoms. The smallest absolute Gasteiger partial charge is 0.336 e. The molecule has 0 spiro atoms. The summed E-state index contributed by atoms with van der Waals surface area (Å²) in [7, 11) is 0. The summed E-state index contributed by atoms with van der Waals surface area (Å²) >= 11 is 0. The number of pyridine rings is 1. The molecule has 0 radical (unpaired) electrons. The molecular weight excluding hydrogens is 542 g/mol. The first-order valence-electron chi connectivity index (χ1n) is 12.3. The summed E-state index contributed by atoms with van der Waals surface area (Å²) in [5, 5.41) is 26.8. The van der Waals surface area contributed by atoms with E-state index in [0.29, 0.717) is 11.3 Å². The Labute approximate surface area is 233 Å². The molecule has 1 aliphatic rings. The molecule has 216 valence electrons. The van der Waals surface area contributed by atoms with Gasteiger partial charge in [0.05, 0.1) is 47.3 Å². The highest BCUT2D eigenvalue weighted by molar-refractivity contribution is 6.00. The van der Waals surface area contributed by atoms with Crippen molar-refractivity contribution >= 4 is 23.5 Å². The molecule has 1 aliphatic heterocycles. The molecule has 2 N–H and O–H groups in total.